The van der Waals surface area contributed by atoms with Gasteiger partial charge in [0.15, 0.2) is 5.96 Å². The maximum Gasteiger partial charge on any atom is 0.193 e. The summed E-state index contributed by atoms with van der Waals surface area (Å²) >= 11 is 0. The molecular weight excluding hydrogens is 398 g/mol. The molecule has 3 heterocycles. The number of aryl methyl sites for hydroxylation is 1. The molecule has 2 N–H and O–H groups in total. The third-order valence-corrected chi connectivity index (χ3v) is 6.74. The molecule has 0 amide bonds. The first-order chi connectivity index (χ1) is 15.8. The van der Waals surface area contributed by atoms with Gasteiger partial charge in [0.05, 0.1) is 18.8 Å². The van der Waals surface area contributed by atoms with E-state index in [1.54, 1.807) is 0 Å². The zero-order chi connectivity index (χ0) is 21.8. The number of para-hydroxylation sites is 1. The fraction of sp³-hybridized carbons (Fsp3) is 0.423. The number of likely N-dealkylation sites (tertiary alicyclic amines) is 1. The van der Waals surface area contributed by atoms with Gasteiger partial charge in [-0.15, -0.1) is 0 Å². The predicted octanol–water partition coefficient (Wildman–Crippen LogP) is 3.26. The standard InChI is InChI=1S/C26H33N5O/c1-27-26(28-13-7-10-21-16-29-23-12-6-5-11-22(21)23)31-18-24-25(19-31)32-15-14-30(24)17-20-8-3-2-4-9-20/h2-6,8-9,11-12,16,24-25,29H,7,10,13-15,17-19H2,1H3,(H,27,28). The molecule has 6 heteroatoms. The van der Waals surface area contributed by atoms with Gasteiger partial charge in [0.2, 0.25) is 0 Å². The first kappa shape index (κ1) is 21.0. The summed E-state index contributed by atoms with van der Waals surface area (Å²) in [4.78, 5) is 12.9. The Hall–Kier alpha value is -2.83. The van der Waals surface area contributed by atoms with Gasteiger partial charge in [-0.2, -0.15) is 0 Å². The zero-order valence-electron chi connectivity index (χ0n) is 18.8. The lowest BCUT2D eigenvalue weighted by molar-refractivity contribution is -0.0502. The molecule has 2 atom stereocenters. The van der Waals surface area contributed by atoms with Crippen LogP contribution in [0, 0.1) is 0 Å². The monoisotopic (exact) mass is 431 g/mol. The molecule has 2 aliphatic rings. The van der Waals surface area contributed by atoms with Crippen molar-refractivity contribution in [3.8, 4) is 0 Å². The number of nitrogens with one attached hydrogen (secondary N) is 2. The second-order valence-electron chi connectivity index (χ2n) is 8.77. The van der Waals surface area contributed by atoms with E-state index in [9.17, 15) is 0 Å². The number of morpholine rings is 1. The van der Waals surface area contributed by atoms with E-state index in [1.807, 2.05) is 7.05 Å². The number of benzene rings is 2. The highest BCUT2D eigenvalue weighted by atomic mass is 16.5. The first-order valence-corrected chi connectivity index (χ1v) is 11.7. The molecule has 2 unspecified atom stereocenters. The first-order valence-electron chi connectivity index (χ1n) is 11.7. The second-order valence-corrected chi connectivity index (χ2v) is 8.77. The van der Waals surface area contributed by atoms with E-state index in [-0.39, 0.29) is 6.10 Å². The van der Waals surface area contributed by atoms with Crippen LogP contribution in [0.15, 0.2) is 65.8 Å². The van der Waals surface area contributed by atoms with Crippen molar-refractivity contribution in [3.63, 3.8) is 0 Å². The largest absolute Gasteiger partial charge is 0.373 e. The molecule has 2 saturated heterocycles. The fourth-order valence-corrected chi connectivity index (χ4v) is 5.10. The maximum absolute atomic E-state index is 6.14. The Labute approximate surface area is 190 Å². The van der Waals surface area contributed by atoms with E-state index >= 15 is 0 Å². The molecule has 0 saturated carbocycles. The molecular formula is C26H33N5O. The van der Waals surface area contributed by atoms with Gasteiger partial charge in [0.1, 0.15) is 0 Å². The number of hydrogen-bond donors (Lipinski definition) is 2. The number of ether oxygens (including phenoxy) is 1. The van der Waals surface area contributed by atoms with Gasteiger partial charge in [-0.05, 0) is 30.0 Å². The number of nitrogens with zero attached hydrogens (tertiary/aromatic N) is 3. The summed E-state index contributed by atoms with van der Waals surface area (Å²) in [5.41, 5.74) is 3.96. The Morgan fingerprint density at radius 3 is 2.84 bits per heavy atom. The third-order valence-electron chi connectivity index (χ3n) is 6.74. The van der Waals surface area contributed by atoms with Crippen LogP contribution < -0.4 is 5.32 Å². The molecule has 2 aliphatic heterocycles. The van der Waals surface area contributed by atoms with Gasteiger partial charge in [-0.3, -0.25) is 9.89 Å². The van der Waals surface area contributed by atoms with Gasteiger partial charge in [-0.1, -0.05) is 48.5 Å². The molecule has 32 heavy (non-hydrogen) atoms. The number of H-pyrrole nitrogens is 1. The molecule has 0 bridgehead atoms. The van der Waals surface area contributed by atoms with Crippen molar-refractivity contribution in [2.45, 2.75) is 31.5 Å². The Kier molecular flexibility index (Phi) is 6.41. The molecule has 5 rings (SSSR count). The van der Waals surface area contributed by atoms with Crippen molar-refractivity contribution in [1.29, 1.82) is 0 Å². The van der Waals surface area contributed by atoms with Crippen LogP contribution in [0.3, 0.4) is 0 Å². The van der Waals surface area contributed by atoms with Gasteiger partial charge in [0, 0.05) is 56.9 Å². The highest BCUT2D eigenvalue weighted by molar-refractivity contribution is 5.83. The van der Waals surface area contributed by atoms with Crippen LogP contribution in [0.1, 0.15) is 17.5 Å². The molecule has 2 aromatic carbocycles. The summed E-state index contributed by atoms with van der Waals surface area (Å²) in [6, 6.07) is 19.7. The molecule has 0 radical (unpaired) electrons. The Morgan fingerprint density at radius 1 is 1.12 bits per heavy atom. The van der Waals surface area contributed by atoms with Gasteiger partial charge < -0.3 is 19.9 Å². The van der Waals surface area contributed by atoms with Gasteiger partial charge >= 0.3 is 0 Å². The van der Waals surface area contributed by atoms with Crippen LogP contribution >= 0.6 is 0 Å². The molecule has 168 valence electrons. The van der Waals surface area contributed by atoms with Crippen molar-refractivity contribution in [1.82, 2.24) is 20.1 Å². The van der Waals surface area contributed by atoms with Crippen LogP contribution in [0.4, 0.5) is 0 Å². The van der Waals surface area contributed by atoms with E-state index < -0.39 is 0 Å². The van der Waals surface area contributed by atoms with Gasteiger partial charge in [0.25, 0.3) is 0 Å². The van der Waals surface area contributed by atoms with Crippen molar-refractivity contribution in [2.24, 2.45) is 4.99 Å². The lowest BCUT2D eigenvalue weighted by atomic mass is 10.1. The third kappa shape index (κ3) is 4.52. The minimum Gasteiger partial charge on any atom is -0.373 e. The number of rotatable bonds is 6. The van der Waals surface area contributed by atoms with E-state index in [0.29, 0.717) is 6.04 Å². The molecule has 0 spiro atoms. The number of aromatic amines is 1. The summed E-state index contributed by atoms with van der Waals surface area (Å²) in [6.07, 6.45) is 4.51. The molecule has 1 aromatic heterocycles. The maximum atomic E-state index is 6.14. The summed E-state index contributed by atoms with van der Waals surface area (Å²) in [6.45, 7) is 5.54. The average Bonchev–Trinajstić information content (AvgIpc) is 3.45. The quantitative estimate of drug-likeness (QED) is 0.357. The highest BCUT2D eigenvalue weighted by Crippen LogP contribution is 2.25. The molecule has 2 fully saturated rings. The average molecular weight is 432 g/mol. The van der Waals surface area contributed by atoms with E-state index in [0.717, 1.165) is 58.1 Å². The van der Waals surface area contributed by atoms with Gasteiger partial charge in [-0.25, -0.2) is 0 Å². The number of guanidine groups is 1. The second kappa shape index (κ2) is 9.76. The van der Waals surface area contributed by atoms with Crippen molar-refractivity contribution >= 4 is 16.9 Å². The van der Waals surface area contributed by atoms with Crippen LogP contribution in [0.5, 0.6) is 0 Å². The minimum atomic E-state index is 0.247. The van der Waals surface area contributed by atoms with Crippen molar-refractivity contribution in [3.05, 3.63) is 71.9 Å². The number of aliphatic imine (C=N–C) groups is 1. The molecule has 0 aliphatic carbocycles. The SMILES string of the molecule is CN=C(NCCCc1c[nH]c2ccccc12)N1CC2OCCN(Cc3ccccc3)C2C1. The highest BCUT2D eigenvalue weighted by Gasteiger charge is 2.41. The number of aromatic nitrogens is 1. The Morgan fingerprint density at radius 2 is 1.97 bits per heavy atom. The summed E-state index contributed by atoms with van der Waals surface area (Å²) < 4.78 is 6.14. The lowest BCUT2D eigenvalue weighted by Crippen LogP contribution is -2.50. The van der Waals surface area contributed by atoms with E-state index in [1.165, 1.54) is 22.0 Å². The summed E-state index contributed by atoms with van der Waals surface area (Å²) in [5, 5.41) is 4.92. The topological polar surface area (TPSA) is 55.9 Å². The van der Waals surface area contributed by atoms with Crippen molar-refractivity contribution in [2.75, 3.05) is 39.8 Å². The summed E-state index contributed by atoms with van der Waals surface area (Å²) in [5.74, 6) is 0.988. The number of fused-ring (bicyclic) bond motifs is 2. The molecule has 3 aromatic rings. The van der Waals surface area contributed by atoms with E-state index in [2.05, 4.69) is 85.9 Å². The summed E-state index contributed by atoms with van der Waals surface area (Å²) in [7, 11) is 1.88. The van der Waals surface area contributed by atoms with Crippen LogP contribution in [-0.4, -0.2) is 72.7 Å². The van der Waals surface area contributed by atoms with Crippen molar-refractivity contribution < 1.29 is 4.74 Å². The fourth-order valence-electron chi connectivity index (χ4n) is 5.10. The van der Waals surface area contributed by atoms with Crippen LogP contribution in [0.2, 0.25) is 0 Å². The lowest BCUT2D eigenvalue weighted by Gasteiger charge is -2.36. The normalized spacial score (nSPS) is 21.8. The Balaban J connectivity index is 1.14. The minimum absolute atomic E-state index is 0.247. The van der Waals surface area contributed by atoms with Crippen LogP contribution in [-0.2, 0) is 17.7 Å². The zero-order valence-corrected chi connectivity index (χ0v) is 18.8. The Bertz CT molecular complexity index is 1050. The van der Waals surface area contributed by atoms with E-state index in [4.69, 9.17) is 4.74 Å². The smallest absolute Gasteiger partial charge is 0.193 e. The van der Waals surface area contributed by atoms with Crippen LogP contribution in [0.25, 0.3) is 10.9 Å². The predicted molar refractivity (Wildman–Crippen MR) is 130 cm³/mol. The molecule has 6 nitrogen and oxygen atoms in total. The number of hydrogen-bond acceptors (Lipinski definition) is 3.